The van der Waals surface area contributed by atoms with E-state index in [2.05, 4.69) is 5.32 Å². The minimum Gasteiger partial charge on any atom is -0.480 e. The van der Waals surface area contributed by atoms with Crippen LogP contribution in [0.25, 0.3) is 0 Å². The van der Waals surface area contributed by atoms with Crippen LogP contribution in [0.4, 0.5) is 0 Å². The molecule has 1 fully saturated rings. The highest BCUT2D eigenvalue weighted by Gasteiger charge is 2.44. The lowest BCUT2D eigenvalue weighted by Gasteiger charge is -2.40. The summed E-state index contributed by atoms with van der Waals surface area (Å²) in [6.45, 7) is 0.0337. The number of carboxylic acids is 4. The van der Waals surface area contributed by atoms with Crippen LogP contribution in [0.3, 0.4) is 0 Å². The van der Waals surface area contributed by atoms with Gasteiger partial charge in [-0.25, -0.2) is 0 Å². The van der Waals surface area contributed by atoms with Crippen molar-refractivity contribution in [2.45, 2.75) is 56.9 Å². The summed E-state index contributed by atoms with van der Waals surface area (Å²) in [5.74, 6) is -4.14. The lowest BCUT2D eigenvalue weighted by atomic mass is 9.96. The fourth-order valence-electron chi connectivity index (χ4n) is 4.66. The number of thioether (sulfide) groups is 1. The number of aliphatic hydroxyl groups excluding tert-OH is 3. The molecule has 0 aromatic carbocycles. The Bertz CT molecular complexity index is 947. The van der Waals surface area contributed by atoms with Gasteiger partial charge < -0.3 is 50.5 Å². The standard InChI is InChI=1S/C27H48N4O14S/c1-2-4-18-24(41)25(42)26(27(43)45-18)44-10-3-11-46-12-5-28-19(32)13-30(15-21(35)36)8-6-29(14-20(33)34)7-9-31(16-22(37)38)17-23(39)40/h18,24-27,41-43H,2-17H2,1H3,(H,28,32)(H,33,34)(H,35,36)(H,37,38)(H,39,40). The second kappa shape index (κ2) is 22.8. The predicted molar refractivity (Wildman–Crippen MR) is 162 cm³/mol. The molecule has 0 aliphatic carbocycles. The van der Waals surface area contributed by atoms with Gasteiger partial charge >= 0.3 is 23.9 Å². The first-order valence-electron chi connectivity index (χ1n) is 14.9. The molecular weight excluding hydrogens is 636 g/mol. The highest BCUT2D eigenvalue weighted by atomic mass is 32.2. The summed E-state index contributed by atoms with van der Waals surface area (Å²) in [7, 11) is 0. The Balaban J connectivity index is 2.42. The molecule has 1 aliphatic rings. The van der Waals surface area contributed by atoms with E-state index in [9.17, 15) is 49.5 Å². The Kier molecular flexibility index (Phi) is 20.5. The van der Waals surface area contributed by atoms with Crippen molar-refractivity contribution in [1.29, 1.82) is 0 Å². The first-order valence-corrected chi connectivity index (χ1v) is 16.1. The molecule has 46 heavy (non-hydrogen) atoms. The molecule has 1 heterocycles. The molecule has 1 amide bonds. The number of carbonyl (C=O) groups is 5. The predicted octanol–water partition coefficient (Wildman–Crippen LogP) is -2.91. The molecule has 0 saturated carbocycles. The Morgan fingerprint density at radius 1 is 0.739 bits per heavy atom. The maximum Gasteiger partial charge on any atom is 0.317 e. The molecule has 0 aromatic heterocycles. The maximum atomic E-state index is 12.5. The number of amides is 1. The van der Waals surface area contributed by atoms with Gasteiger partial charge in [-0.05, 0) is 18.6 Å². The van der Waals surface area contributed by atoms with Crippen molar-refractivity contribution in [3.8, 4) is 0 Å². The van der Waals surface area contributed by atoms with E-state index in [1.54, 1.807) is 0 Å². The molecule has 0 spiro atoms. The van der Waals surface area contributed by atoms with E-state index < -0.39 is 86.7 Å². The Morgan fingerprint density at radius 3 is 1.76 bits per heavy atom. The van der Waals surface area contributed by atoms with Crippen molar-refractivity contribution in [2.24, 2.45) is 0 Å². The van der Waals surface area contributed by atoms with Crippen LogP contribution in [-0.4, -0.2) is 194 Å². The van der Waals surface area contributed by atoms with Crippen molar-refractivity contribution in [3.63, 3.8) is 0 Å². The third-order valence-electron chi connectivity index (χ3n) is 6.82. The third kappa shape index (κ3) is 17.9. The Hall–Kier alpha value is -2.62. The monoisotopic (exact) mass is 684 g/mol. The zero-order valence-corrected chi connectivity index (χ0v) is 26.8. The number of aliphatic hydroxyl groups is 3. The molecule has 0 aromatic rings. The van der Waals surface area contributed by atoms with E-state index in [1.165, 1.54) is 21.6 Å². The summed E-state index contributed by atoms with van der Waals surface area (Å²) < 4.78 is 10.9. The second-order valence-electron chi connectivity index (χ2n) is 10.8. The van der Waals surface area contributed by atoms with Gasteiger partial charge in [0.1, 0.15) is 18.3 Å². The van der Waals surface area contributed by atoms with E-state index in [-0.39, 0.29) is 45.9 Å². The number of carboxylic acid groups (broad SMARTS) is 4. The molecule has 0 bridgehead atoms. The van der Waals surface area contributed by atoms with Crippen LogP contribution in [0, 0.1) is 0 Å². The van der Waals surface area contributed by atoms with Crippen molar-refractivity contribution in [3.05, 3.63) is 0 Å². The Morgan fingerprint density at radius 2 is 1.24 bits per heavy atom. The largest absolute Gasteiger partial charge is 0.480 e. The van der Waals surface area contributed by atoms with E-state index in [4.69, 9.17) is 19.7 Å². The average Bonchev–Trinajstić information content (AvgIpc) is 2.94. The third-order valence-corrected chi connectivity index (χ3v) is 7.89. The number of rotatable bonds is 26. The lowest BCUT2D eigenvalue weighted by Crippen LogP contribution is -2.58. The summed E-state index contributed by atoms with van der Waals surface area (Å²) in [6, 6.07) is 0. The summed E-state index contributed by atoms with van der Waals surface area (Å²) >= 11 is 1.51. The van der Waals surface area contributed by atoms with Crippen LogP contribution in [0.15, 0.2) is 0 Å². The van der Waals surface area contributed by atoms with Gasteiger partial charge in [0.15, 0.2) is 6.29 Å². The number of nitrogens with one attached hydrogen (secondary N) is 1. The molecule has 8 N–H and O–H groups in total. The molecular formula is C27H48N4O14S. The maximum absolute atomic E-state index is 12.5. The molecule has 1 saturated heterocycles. The van der Waals surface area contributed by atoms with Gasteiger partial charge in [-0.2, -0.15) is 11.8 Å². The van der Waals surface area contributed by atoms with Gasteiger partial charge in [-0.1, -0.05) is 13.3 Å². The van der Waals surface area contributed by atoms with Crippen molar-refractivity contribution in [2.75, 3.05) is 83.6 Å². The number of hydrogen-bond acceptors (Lipinski definition) is 14. The minimum absolute atomic E-state index is 0.000789. The second-order valence-corrected chi connectivity index (χ2v) is 12.0. The minimum atomic E-state index is -1.35. The van der Waals surface area contributed by atoms with Crippen LogP contribution in [0.5, 0.6) is 0 Å². The zero-order valence-electron chi connectivity index (χ0n) is 25.9. The lowest BCUT2D eigenvalue weighted by molar-refractivity contribution is -0.292. The molecule has 18 nitrogen and oxygen atoms in total. The van der Waals surface area contributed by atoms with Crippen molar-refractivity contribution in [1.82, 2.24) is 20.0 Å². The normalized spacial score (nSPS) is 21.5. The Labute approximate surface area is 271 Å². The van der Waals surface area contributed by atoms with Gasteiger partial charge in [-0.3, -0.25) is 38.7 Å². The molecule has 5 atom stereocenters. The first-order chi connectivity index (χ1) is 21.7. The van der Waals surface area contributed by atoms with Crippen molar-refractivity contribution < 1.29 is 69.2 Å². The summed E-state index contributed by atoms with van der Waals surface area (Å²) in [6.07, 6.45) is -3.75. The summed E-state index contributed by atoms with van der Waals surface area (Å²) in [5, 5.41) is 69.8. The van der Waals surface area contributed by atoms with E-state index in [0.29, 0.717) is 24.3 Å². The van der Waals surface area contributed by atoms with Gasteiger partial charge in [0.05, 0.1) is 38.8 Å². The van der Waals surface area contributed by atoms with Gasteiger partial charge in [0.2, 0.25) is 5.91 Å². The summed E-state index contributed by atoms with van der Waals surface area (Å²) in [5.41, 5.74) is 0. The number of aliphatic carboxylic acids is 4. The molecule has 1 rings (SSSR count). The molecule has 1 aliphatic heterocycles. The number of nitrogens with zero attached hydrogens (tertiary/aromatic N) is 3. The number of carbonyl (C=O) groups excluding carboxylic acids is 1. The molecule has 266 valence electrons. The molecule has 19 heteroatoms. The van der Waals surface area contributed by atoms with Crippen molar-refractivity contribution >= 4 is 41.5 Å². The topological polar surface area (TPSA) is 267 Å². The van der Waals surface area contributed by atoms with Gasteiger partial charge in [0.25, 0.3) is 0 Å². The average molecular weight is 685 g/mol. The van der Waals surface area contributed by atoms with Crippen LogP contribution in [0.1, 0.15) is 26.2 Å². The van der Waals surface area contributed by atoms with Gasteiger partial charge in [0, 0.05) is 45.1 Å². The SMILES string of the molecule is CCCC1OC(O)C(OCCCSCCNC(=O)CN(CCN(CCN(CC(=O)O)CC(=O)O)CC(=O)O)CC(=O)O)C(O)C1O. The van der Waals surface area contributed by atoms with E-state index >= 15 is 0 Å². The highest BCUT2D eigenvalue weighted by molar-refractivity contribution is 7.99. The quantitative estimate of drug-likeness (QED) is 0.0424. The number of hydrogen-bond donors (Lipinski definition) is 8. The fraction of sp³-hybridized carbons (Fsp3) is 0.815. The first kappa shape index (κ1) is 41.4. The smallest absolute Gasteiger partial charge is 0.317 e. The van der Waals surface area contributed by atoms with Crippen LogP contribution in [0.2, 0.25) is 0 Å². The number of ether oxygens (including phenoxy) is 2. The van der Waals surface area contributed by atoms with Crippen LogP contribution >= 0.6 is 11.8 Å². The fourth-order valence-corrected chi connectivity index (χ4v) is 5.43. The summed E-state index contributed by atoms with van der Waals surface area (Å²) in [4.78, 5) is 61.0. The highest BCUT2D eigenvalue weighted by Crippen LogP contribution is 2.25. The van der Waals surface area contributed by atoms with E-state index in [0.717, 1.165) is 11.3 Å². The molecule has 0 radical (unpaired) electrons. The molecule has 5 unspecified atom stereocenters. The van der Waals surface area contributed by atoms with Crippen LogP contribution in [-0.2, 0) is 33.4 Å². The van der Waals surface area contributed by atoms with Crippen LogP contribution < -0.4 is 5.32 Å². The zero-order chi connectivity index (χ0) is 34.6. The van der Waals surface area contributed by atoms with E-state index in [1.807, 2.05) is 6.92 Å². The van der Waals surface area contributed by atoms with Gasteiger partial charge in [-0.15, -0.1) is 0 Å².